The summed E-state index contributed by atoms with van der Waals surface area (Å²) in [6.07, 6.45) is 0.971. The van der Waals surface area contributed by atoms with Crippen LogP contribution in [0.3, 0.4) is 0 Å². The molecule has 3 rings (SSSR count). The van der Waals surface area contributed by atoms with Crippen LogP contribution >= 0.6 is 0 Å². The van der Waals surface area contributed by atoms with Crippen molar-refractivity contribution in [1.82, 2.24) is 29.8 Å². The highest BCUT2D eigenvalue weighted by molar-refractivity contribution is 7.89. The zero-order valence-electron chi connectivity index (χ0n) is 16.1. The first-order valence-corrected chi connectivity index (χ1v) is 10.5. The molecule has 1 aliphatic rings. The Balaban J connectivity index is 1.64. The number of anilines is 1. The van der Waals surface area contributed by atoms with Crippen LogP contribution in [0.1, 0.15) is 12.7 Å². The van der Waals surface area contributed by atoms with E-state index in [2.05, 4.69) is 25.9 Å². The first-order valence-electron chi connectivity index (χ1n) is 9.08. The Labute approximate surface area is 173 Å². The van der Waals surface area contributed by atoms with E-state index in [1.54, 1.807) is 19.1 Å². The molecule has 12 nitrogen and oxygen atoms in total. The molecule has 1 aliphatic heterocycles. The second-order valence-electron chi connectivity index (χ2n) is 6.16. The first kappa shape index (κ1) is 21.2. The molecule has 1 aromatic carbocycles. The van der Waals surface area contributed by atoms with E-state index in [1.165, 1.54) is 27.5 Å². The lowest BCUT2D eigenvalue weighted by atomic mass is 10.3. The summed E-state index contributed by atoms with van der Waals surface area (Å²) in [7, 11) is -3.68. The smallest absolute Gasteiger partial charge is 0.409 e. The van der Waals surface area contributed by atoms with Crippen LogP contribution in [0.2, 0.25) is 0 Å². The number of sulfonamides is 1. The highest BCUT2D eigenvalue weighted by atomic mass is 32.2. The van der Waals surface area contributed by atoms with Crippen molar-refractivity contribution in [3.8, 4) is 6.07 Å². The van der Waals surface area contributed by atoms with E-state index < -0.39 is 16.1 Å². The van der Waals surface area contributed by atoms with Gasteiger partial charge in [0.1, 0.15) is 11.6 Å². The Morgan fingerprint density at radius 3 is 2.57 bits per heavy atom. The number of allylic oxidation sites excluding steroid dienone is 1. The van der Waals surface area contributed by atoms with Crippen molar-refractivity contribution < 1.29 is 17.9 Å². The molecule has 30 heavy (non-hydrogen) atoms. The monoisotopic (exact) mass is 432 g/mol. The van der Waals surface area contributed by atoms with Crippen LogP contribution in [0.5, 0.6) is 0 Å². The van der Waals surface area contributed by atoms with Crippen molar-refractivity contribution in [2.75, 3.05) is 38.1 Å². The maximum absolute atomic E-state index is 12.9. The van der Waals surface area contributed by atoms with Gasteiger partial charge in [-0.1, -0.05) is 0 Å². The third-order valence-corrected chi connectivity index (χ3v) is 6.26. The molecule has 158 valence electrons. The molecule has 2 aromatic rings. The van der Waals surface area contributed by atoms with E-state index in [0.29, 0.717) is 5.69 Å². The number of carbonyl (C=O) groups is 1. The molecular formula is C17H20N8O4S. The Kier molecular flexibility index (Phi) is 6.60. The van der Waals surface area contributed by atoms with Gasteiger partial charge in [0, 0.05) is 38.1 Å². The second-order valence-corrected chi connectivity index (χ2v) is 8.10. The summed E-state index contributed by atoms with van der Waals surface area (Å²) in [5, 5.41) is 25.2. The Morgan fingerprint density at radius 2 is 2.00 bits per heavy atom. The number of amides is 1. The van der Waals surface area contributed by atoms with Crippen LogP contribution in [-0.2, 0) is 14.8 Å². The average molecular weight is 432 g/mol. The Bertz CT molecular complexity index is 1040. The zero-order chi connectivity index (χ0) is 21.6. The highest BCUT2D eigenvalue weighted by Gasteiger charge is 2.30. The van der Waals surface area contributed by atoms with Gasteiger partial charge in [0.25, 0.3) is 0 Å². The van der Waals surface area contributed by atoms with Crippen LogP contribution in [-0.4, -0.2) is 77.1 Å². The van der Waals surface area contributed by atoms with Crippen molar-refractivity contribution in [1.29, 1.82) is 5.26 Å². The number of benzene rings is 1. The fourth-order valence-electron chi connectivity index (χ4n) is 2.78. The molecule has 0 spiro atoms. The molecule has 0 radical (unpaired) electrons. The second kappa shape index (κ2) is 9.33. The lowest BCUT2D eigenvalue weighted by Crippen LogP contribution is -2.50. The van der Waals surface area contributed by atoms with Gasteiger partial charge >= 0.3 is 6.09 Å². The van der Waals surface area contributed by atoms with Crippen molar-refractivity contribution in [2.45, 2.75) is 11.8 Å². The number of aromatic amines is 1. The van der Waals surface area contributed by atoms with Gasteiger partial charge in [-0.3, -0.25) is 0 Å². The van der Waals surface area contributed by atoms with Crippen LogP contribution in [0.25, 0.3) is 5.57 Å². The molecule has 1 amide bonds. The zero-order valence-corrected chi connectivity index (χ0v) is 17.0. The van der Waals surface area contributed by atoms with Crippen molar-refractivity contribution in [2.24, 2.45) is 0 Å². The molecular weight excluding hydrogens is 412 g/mol. The summed E-state index contributed by atoms with van der Waals surface area (Å²) in [6, 6.07) is 8.07. The largest absolute Gasteiger partial charge is 0.450 e. The average Bonchev–Trinajstić information content (AvgIpc) is 3.29. The minimum Gasteiger partial charge on any atom is -0.450 e. The summed E-state index contributed by atoms with van der Waals surface area (Å²) in [5.41, 5.74) is 0.747. The first-order chi connectivity index (χ1) is 14.5. The molecule has 1 fully saturated rings. The molecule has 2 N–H and O–H groups in total. The molecule has 0 aliphatic carbocycles. The normalized spacial score (nSPS) is 15.5. The molecule has 13 heteroatoms. The quantitative estimate of drug-likeness (QED) is 0.625. The predicted molar refractivity (Wildman–Crippen MR) is 105 cm³/mol. The molecule has 0 bridgehead atoms. The number of tetrazole rings is 1. The fraction of sp³-hybridized carbons (Fsp3) is 0.353. The number of piperazine rings is 1. The van der Waals surface area contributed by atoms with Gasteiger partial charge in [-0.15, -0.1) is 10.2 Å². The summed E-state index contributed by atoms with van der Waals surface area (Å²) < 4.78 is 32.0. The number of carbonyl (C=O) groups excluding carboxylic acids is 1. The lowest BCUT2D eigenvalue weighted by Gasteiger charge is -2.33. The van der Waals surface area contributed by atoms with Crippen LogP contribution in [0.4, 0.5) is 10.5 Å². The maximum atomic E-state index is 12.9. The van der Waals surface area contributed by atoms with Gasteiger partial charge in [-0.2, -0.15) is 14.8 Å². The third-order valence-electron chi connectivity index (χ3n) is 4.35. The maximum Gasteiger partial charge on any atom is 0.409 e. The molecule has 0 atom stereocenters. The summed E-state index contributed by atoms with van der Waals surface area (Å²) in [6.45, 7) is 2.93. The van der Waals surface area contributed by atoms with Crippen LogP contribution < -0.4 is 5.32 Å². The number of rotatable bonds is 6. The minimum absolute atomic E-state index is 0.139. The predicted octanol–water partition coefficient (Wildman–Crippen LogP) is 0.639. The van der Waals surface area contributed by atoms with Gasteiger partial charge in [-0.25, -0.2) is 13.2 Å². The number of H-pyrrole nitrogens is 1. The number of nitrogens with one attached hydrogen (secondary N) is 2. The third kappa shape index (κ3) is 4.73. The van der Waals surface area contributed by atoms with E-state index in [-0.39, 0.29) is 49.1 Å². The molecule has 1 aromatic heterocycles. The Hall–Kier alpha value is -3.50. The van der Waals surface area contributed by atoms with E-state index in [9.17, 15) is 13.2 Å². The topological polar surface area (TPSA) is 157 Å². The number of hydrogen-bond donors (Lipinski definition) is 2. The number of hydrogen-bond acceptors (Lipinski definition) is 9. The Morgan fingerprint density at radius 1 is 1.30 bits per heavy atom. The van der Waals surface area contributed by atoms with E-state index in [0.717, 1.165) is 0 Å². The standard InChI is InChI=1S/C17H20N8O4S/c1-2-29-17(26)24-7-9-25(10-8-24)30(27,28)15-5-3-14(4-6-15)19-12-13(11-18)16-20-22-23-21-16/h3-6,12,19H,2,7-10H2,1H3,(H,20,21,22,23). The van der Waals surface area contributed by atoms with Crippen molar-refractivity contribution >= 4 is 27.4 Å². The van der Waals surface area contributed by atoms with Gasteiger partial charge in [0.15, 0.2) is 0 Å². The van der Waals surface area contributed by atoms with Gasteiger partial charge in [0.05, 0.1) is 11.5 Å². The molecule has 2 heterocycles. The van der Waals surface area contributed by atoms with E-state index in [4.69, 9.17) is 10.00 Å². The SMILES string of the molecule is CCOC(=O)N1CCN(S(=O)(=O)c2ccc(NC=C(C#N)c3nn[nH]n3)cc2)CC1. The van der Waals surface area contributed by atoms with E-state index >= 15 is 0 Å². The van der Waals surface area contributed by atoms with Crippen LogP contribution in [0.15, 0.2) is 35.4 Å². The minimum atomic E-state index is -3.68. The van der Waals surface area contributed by atoms with Gasteiger partial charge < -0.3 is 15.0 Å². The molecule has 0 saturated carbocycles. The molecule has 1 saturated heterocycles. The molecule has 0 unspecified atom stereocenters. The van der Waals surface area contributed by atoms with Gasteiger partial charge in [-0.05, 0) is 36.4 Å². The van der Waals surface area contributed by atoms with Crippen molar-refractivity contribution in [3.63, 3.8) is 0 Å². The van der Waals surface area contributed by atoms with Crippen molar-refractivity contribution in [3.05, 3.63) is 36.3 Å². The number of nitriles is 1. The lowest BCUT2D eigenvalue weighted by molar-refractivity contribution is 0.0934. The summed E-state index contributed by atoms with van der Waals surface area (Å²) in [5.74, 6) is 0.145. The summed E-state index contributed by atoms with van der Waals surface area (Å²) >= 11 is 0. The number of nitrogens with zero attached hydrogens (tertiary/aromatic N) is 6. The fourth-order valence-corrected chi connectivity index (χ4v) is 4.20. The number of ether oxygens (including phenoxy) is 1. The van der Waals surface area contributed by atoms with E-state index in [1.807, 2.05) is 6.07 Å². The summed E-state index contributed by atoms with van der Waals surface area (Å²) in [4.78, 5) is 13.4. The highest BCUT2D eigenvalue weighted by Crippen LogP contribution is 2.20. The number of aromatic nitrogens is 4. The van der Waals surface area contributed by atoms with Gasteiger partial charge in [0.2, 0.25) is 15.8 Å². The van der Waals surface area contributed by atoms with Crippen LogP contribution in [0, 0.1) is 11.3 Å².